The number of ketones is 1. The third kappa shape index (κ3) is 4.32. The molecular weight excluding hydrogens is 437 g/mol. The number of hydrogen-bond donors (Lipinski definition) is 0. The number of nitro benzene ring substituents is 1. The van der Waals surface area contributed by atoms with Crippen molar-refractivity contribution in [2.24, 2.45) is 0 Å². The first-order valence-electron chi connectivity index (χ1n) is 8.59. The number of carbonyl (C=O) groups excluding carboxylic acids is 4. The van der Waals surface area contributed by atoms with Gasteiger partial charge in [0.1, 0.15) is 6.54 Å². The summed E-state index contributed by atoms with van der Waals surface area (Å²) in [6.07, 6.45) is -0.218. The maximum Gasteiger partial charge on any atom is 0.274 e. The first-order valence-corrected chi connectivity index (χ1v) is 9.35. The van der Waals surface area contributed by atoms with Gasteiger partial charge in [-0.05, 0) is 18.2 Å². The topological polar surface area (TPSA) is 118 Å². The average Bonchev–Trinajstić information content (AvgIpc) is 3.03. The molecule has 1 aliphatic rings. The Bertz CT molecular complexity index is 1070. The molecule has 9 nitrogen and oxygen atoms in total. The van der Waals surface area contributed by atoms with Gasteiger partial charge in [-0.15, -0.1) is 0 Å². The molecule has 3 rings (SSSR count). The van der Waals surface area contributed by atoms with Crippen LogP contribution >= 0.6 is 23.2 Å². The third-order valence-corrected chi connectivity index (χ3v) is 4.88. The molecule has 0 unspecified atom stereocenters. The highest BCUT2D eigenvalue weighted by Gasteiger charge is 2.38. The molecule has 0 aliphatic carbocycles. The fraction of sp³-hybridized carbons (Fsp3) is 0.158. The van der Waals surface area contributed by atoms with Gasteiger partial charge in [0.05, 0.1) is 15.5 Å². The minimum absolute atomic E-state index is 0.0283. The zero-order chi connectivity index (χ0) is 22.0. The van der Waals surface area contributed by atoms with Crippen LogP contribution in [0.4, 0.5) is 5.69 Å². The molecule has 1 fully saturated rings. The lowest BCUT2D eigenvalue weighted by Gasteiger charge is -2.29. The third-order valence-electron chi connectivity index (χ3n) is 4.33. The Labute approximate surface area is 179 Å². The number of hydrazine groups is 1. The lowest BCUT2D eigenvalue weighted by atomic mass is 10.1. The Hall–Kier alpha value is -3.30. The normalized spacial score (nSPS) is 13.5. The molecular formula is C19H13Cl2N3O6. The number of hydrogen-bond acceptors (Lipinski definition) is 6. The molecule has 154 valence electrons. The monoisotopic (exact) mass is 449 g/mol. The maximum absolute atomic E-state index is 13.1. The van der Waals surface area contributed by atoms with Gasteiger partial charge in [-0.2, -0.15) is 5.01 Å². The van der Waals surface area contributed by atoms with Crippen LogP contribution < -0.4 is 0 Å². The molecule has 2 aromatic rings. The lowest BCUT2D eigenvalue weighted by Crippen LogP contribution is -2.51. The number of benzene rings is 2. The van der Waals surface area contributed by atoms with E-state index in [4.69, 9.17) is 23.2 Å². The summed E-state index contributed by atoms with van der Waals surface area (Å²) in [7, 11) is 0. The number of Topliss-reactive ketones (excluding diaryl/α,β-unsaturated/α-hetero) is 1. The summed E-state index contributed by atoms with van der Waals surface area (Å²) in [4.78, 5) is 60.6. The molecule has 0 N–H and O–H groups in total. The molecule has 2 aromatic carbocycles. The van der Waals surface area contributed by atoms with E-state index in [2.05, 4.69) is 0 Å². The van der Waals surface area contributed by atoms with E-state index in [1.54, 1.807) is 0 Å². The van der Waals surface area contributed by atoms with E-state index >= 15 is 0 Å². The van der Waals surface area contributed by atoms with Gasteiger partial charge >= 0.3 is 0 Å². The number of carbonyl (C=O) groups is 4. The van der Waals surface area contributed by atoms with E-state index in [9.17, 15) is 29.3 Å². The van der Waals surface area contributed by atoms with Crippen LogP contribution in [0.1, 0.15) is 33.6 Å². The zero-order valence-corrected chi connectivity index (χ0v) is 16.7. The Morgan fingerprint density at radius 2 is 1.73 bits per heavy atom. The zero-order valence-electron chi connectivity index (χ0n) is 15.2. The first-order chi connectivity index (χ1) is 14.2. The molecule has 1 saturated heterocycles. The van der Waals surface area contributed by atoms with Crippen LogP contribution in [0.25, 0.3) is 0 Å². The molecule has 0 aromatic heterocycles. The molecule has 0 radical (unpaired) electrons. The lowest BCUT2D eigenvalue weighted by molar-refractivity contribution is -0.384. The summed E-state index contributed by atoms with van der Waals surface area (Å²) >= 11 is 11.9. The molecule has 30 heavy (non-hydrogen) atoms. The number of imide groups is 1. The Morgan fingerprint density at radius 3 is 2.33 bits per heavy atom. The fourth-order valence-corrected chi connectivity index (χ4v) is 3.38. The van der Waals surface area contributed by atoms with Crippen molar-refractivity contribution in [1.29, 1.82) is 0 Å². The Kier molecular flexibility index (Phi) is 6.14. The summed E-state index contributed by atoms with van der Waals surface area (Å²) in [5, 5.41) is 12.5. The second-order valence-corrected chi connectivity index (χ2v) is 7.16. The summed E-state index contributed by atoms with van der Waals surface area (Å²) in [6, 6.07) is 8.93. The van der Waals surface area contributed by atoms with Crippen molar-refractivity contribution in [3.8, 4) is 0 Å². The van der Waals surface area contributed by atoms with Crippen molar-refractivity contribution in [3.05, 3.63) is 73.8 Å². The minimum atomic E-state index is -0.862. The second kappa shape index (κ2) is 8.60. The summed E-state index contributed by atoms with van der Waals surface area (Å²) in [5.74, 6) is -2.86. The minimum Gasteiger partial charge on any atom is -0.292 e. The van der Waals surface area contributed by atoms with E-state index in [1.807, 2.05) is 0 Å². The Morgan fingerprint density at radius 1 is 1.07 bits per heavy atom. The molecule has 0 spiro atoms. The van der Waals surface area contributed by atoms with Gasteiger partial charge in [0.15, 0.2) is 5.78 Å². The molecule has 0 saturated carbocycles. The van der Waals surface area contributed by atoms with E-state index in [-0.39, 0.29) is 39.7 Å². The van der Waals surface area contributed by atoms with Gasteiger partial charge < -0.3 is 0 Å². The van der Waals surface area contributed by atoms with E-state index < -0.39 is 35.0 Å². The van der Waals surface area contributed by atoms with E-state index in [1.165, 1.54) is 36.4 Å². The van der Waals surface area contributed by atoms with Crippen molar-refractivity contribution in [2.75, 3.05) is 6.54 Å². The average molecular weight is 450 g/mol. The van der Waals surface area contributed by atoms with Crippen molar-refractivity contribution in [2.45, 2.75) is 12.8 Å². The van der Waals surface area contributed by atoms with Crippen LogP contribution in [0.3, 0.4) is 0 Å². The maximum atomic E-state index is 13.1. The van der Waals surface area contributed by atoms with Crippen molar-refractivity contribution < 1.29 is 24.1 Å². The number of amides is 3. The van der Waals surface area contributed by atoms with Crippen LogP contribution in [0.15, 0.2) is 42.5 Å². The predicted octanol–water partition coefficient (Wildman–Crippen LogP) is 3.29. The standard InChI is InChI=1S/C19H13Cl2N3O6/c20-12-4-5-14(15(21)9-12)19(28)22(23-17(26)6-7-18(23)27)10-16(25)11-2-1-3-13(8-11)24(29)30/h1-5,8-9H,6-7,10H2. The molecule has 1 heterocycles. The molecule has 0 atom stereocenters. The highest BCUT2D eigenvalue weighted by Crippen LogP contribution is 2.25. The van der Waals surface area contributed by atoms with Crippen molar-refractivity contribution in [1.82, 2.24) is 10.0 Å². The molecule has 0 bridgehead atoms. The van der Waals surface area contributed by atoms with Gasteiger partial charge in [0.25, 0.3) is 11.6 Å². The van der Waals surface area contributed by atoms with E-state index in [0.717, 1.165) is 6.07 Å². The van der Waals surface area contributed by atoms with Crippen LogP contribution in [0.5, 0.6) is 0 Å². The van der Waals surface area contributed by atoms with Gasteiger partial charge in [0.2, 0.25) is 11.8 Å². The smallest absolute Gasteiger partial charge is 0.274 e. The highest BCUT2D eigenvalue weighted by molar-refractivity contribution is 6.36. The largest absolute Gasteiger partial charge is 0.292 e. The van der Waals surface area contributed by atoms with Crippen LogP contribution in [-0.4, -0.2) is 45.0 Å². The van der Waals surface area contributed by atoms with Gasteiger partial charge in [-0.1, -0.05) is 35.3 Å². The van der Waals surface area contributed by atoms with E-state index in [0.29, 0.717) is 10.0 Å². The molecule has 3 amide bonds. The van der Waals surface area contributed by atoms with Crippen LogP contribution in [0, 0.1) is 10.1 Å². The van der Waals surface area contributed by atoms with Crippen molar-refractivity contribution in [3.63, 3.8) is 0 Å². The fourth-order valence-electron chi connectivity index (χ4n) is 2.89. The molecule has 1 aliphatic heterocycles. The quantitative estimate of drug-likeness (QED) is 0.289. The van der Waals surface area contributed by atoms with Gasteiger partial charge in [-0.3, -0.25) is 29.3 Å². The SMILES string of the molecule is O=C(CN(C(=O)c1ccc(Cl)cc1Cl)N1C(=O)CCC1=O)c1cccc([N+](=O)[O-])c1. The summed E-state index contributed by atoms with van der Waals surface area (Å²) in [5.41, 5.74) is -0.434. The summed E-state index contributed by atoms with van der Waals surface area (Å²) in [6.45, 7) is -0.698. The Balaban J connectivity index is 1.98. The number of rotatable bonds is 6. The number of nitro groups is 1. The second-order valence-electron chi connectivity index (χ2n) is 6.32. The van der Waals surface area contributed by atoms with Gasteiger partial charge in [0, 0.05) is 35.6 Å². The number of halogens is 2. The van der Waals surface area contributed by atoms with Crippen LogP contribution in [0.2, 0.25) is 10.0 Å². The van der Waals surface area contributed by atoms with Crippen molar-refractivity contribution >= 4 is 52.4 Å². The molecule has 11 heteroatoms. The first kappa shape index (κ1) is 21.4. The predicted molar refractivity (Wildman–Crippen MR) is 106 cm³/mol. The summed E-state index contributed by atoms with van der Waals surface area (Å²) < 4.78 is 0. The number of nitrogens with zero attached hydrogens (tertiary/aromatic N) is 3. The van der Waals surface area contributed by atoms with Crippen LogP contribution in [-0.2, 0) is 9.59 Å². The highest BCUT2D eigenvalue weighted by atomic mass is 35.5. The number of non-ortho nitro benzene ring substituents is 1. The van der Waals surface area contributed by atoms with Gasteiger partial charge in [-0.25, -0.2) is 5.01 Å².